The molecule has 0 aliphatic rings. The molecule has 0 amide bonds. The average molecular weight is 249 g/mol. The molecule has 18 heavy (non-hydrogen) atoms. The first-order valence-corrected chi connectivity index (χ1v) is 7.17. The van der Waals surface area contributed by atoms with Gasteiger partial charge in [0, 0.05) is 6.04 Å². The third kappa shape index (κ3) is 6.65. The van der Waals surface area contributed by atoms with E-state index in [0.717, 1.165) is 31.7 Å². The molecule has 0 spiro atoms. The molecule has 2 heteroatoms. The Morgan fingerprint density at radius 3 is 2.44 bits per heavy atom. The Bertz CT molecular complexity index is 305. The second kappa shape index (κ2) is 8.98. The van der Waals surface area contributed by atoms with E-state index >= 15 is 0 Å². The lowest BCUT2D eigenvalue weighted by atomic mass is 10.1. The van der Waals surface area contributed by atoms with Crippen molar-refractivity contribution in [2.45, 2.75) is 52.5 Å². The lowest BCUT2D eigenvalue weighted by Crippen LogP contribution is -2.23. The molecule has 1 aromatic carbocycles. The van der Waals surface area contributed by atoms with Crippen molar-refractivity contribution in [2.24, 2.45) is 0 Å². The van der Waals surface area contributed by atoms with Crippen LogP contribution in [0.25, 0.3) is 0 Å². The summed E-state index contributed by atoms with van der Waals surface area (Å²) in [4.78, 5) is 0. The van der Waals surface area contributed by atoms with Gasteiger partial charge in [-0.1, -0.05) is 39.3 Å². The molecule has 0 saturated carbocycles. The monoisotopic (exact) mass is 249 g/mol. The first-order valence-electron chi connectivity index (χ1n) is 7.17. The van der Waals surface area contributed by atoms with Gasteiger partial charge in [-0.3, -0.25) is 0 Å². The van der Waals surface area contributed by atoms with E-state index in [-0.39, 0.29) is 0 Å². The van der Waals surface area contributed by atoms with E-state index in [1.165, 1.54) is 18.4 Å². The summed E-state index contributed by atoms with van der Waals surface area (Å²) in [6, 6.07) is 9.07. The first-order chi connectivity index (χ1) is 8.72. The van der Waals surface area contributed by atoms with Crippen LogP contribution in [0.2, 0.25) is 0 Å². The maximum atomic E-state index is 5.72. The van der Waals surface area contributed by atoms with Crippen molar-refractivity contribution in [1.82, 2.24) is 5.32 Å². The molecular weight excluding hydrogens is 222 g/mol. The summed E-state index contributed by atoms with van der Waals surface area (Å²) in [5, 5.41) is 3.41. The number of nitrogens with one attached hydrogen (secondary N) is 1. The van der Waals surface area contributed by atoms with Crippen LogP contribution >= 0.6 is 0 Å². The van der Waals surface area contributed by atoms with E-state index in [1.54, 1.807) is 0 Å². The molecule has 0 radical (unpaired) electrons. The molecular formula is C16H27NO. The minimum Gasteiger partial charge on any atom is -0.494 e. The minimum absolute atomic E-state index is 0.581. The van der Waals surface area contributed by atoms with E-state index in [1.807, 2.05) is 0 Å². The van der Waals surface area contributed by atoms with Crippen LogP contribution < -0.4 is 10.1 Å². The highest BCUT2D eigenvalue weighted by molar-refractivity contribution is 5.27. The van der Waals surface area contributed by atoms with Gasteiger partial charge < -0.3 is 10.1 Å². The van der Waals surface area contributed by atoms with Crippen LogP contribution in [0.15, 0.2) is 24.3 Å². The van der Waals surface area contributed by atoms with Gasteiger partial charge in [-0.15, -0.1) is 0 Å². The summed E-state index contributed by atoms with van der Waals surface area (Å²) in [6.45, 7) is 8.45. The zero-order valence-corrected chi connectivity index (χ0v) is 12.0. The molecule has 0 aliphatic carbocycles. The third-order valence-corrected chi connectivity index (χ3v) is 2.85. The Hall–Kier alpha value is -1.02. The van der Waals surface area contributed by atoms with Gasteiger partial charge in [0.05, 0.1) is 6.61 Å². The number of benzene rings is 1. The molecule has 1 aromatic rings. The SMILES string of the molecule is CCCc1ccc(OCCCCNC(C)C)cc1. The summed E-state index contributed by atoms with van der Waals surface area (Å²) in [5.41, 5.74) is 1.39. The van der Waals surface area contributed by atoms with Crippen molar-refractivity contribution >= 4 is 0 Å². The van der Waals surface area contributed by atoms with Crippen molar-refractivity contribution in [1.29, 1.82) is 0 Å². The molecule has 102 valence electrons. The maximum Gasteiger partial charge on any atom is 0.119 e. The summed E-state index contributed by atoms with van der Waals surface area (Å²) in [7, 11) is 0. The second-order valence-electron chi connectivity index (χ2n) is 5.06. The van der Waals surface area contributed by atoms with Crippen LogP contribution in [0.5, 0.6) is 5.75 Å². The molecule has 0 heterocycles. The van der Waals surface area contributed by atoms with Gasteiger partial charge in [-0.2, -0.15) is 0 Å². The Morgan fingerprint density at radius 1 is 1.11 bits per heavy atom. The molecule has 0 aliphatic heterocycles. The van der Waals surface area contributed by atoms with Crippen molar-refractivity contribution in [3.63, 3.8) is 0 Å². The number of aryl methyl sites for hydroxylation is 1. The van der Waals surface area contributed by atoms with Crippen LogP contribution in [0.3, 0.4) is 0 Å². The van der Waals surface area contributed by atoms with Gasteiger partial charge in [-0.25, -0.2) is 0 Å². The van der Waals surface area contributed by atoms with Gasteiger partial charge >= 0.3 is 0 Å². The summed E-state index contributed by atoms with van der Waals surface area (Å²) >= 11 is 0. The number of unbranched alkanes of at least 4 members (excludes halogenated alkanes) is 1. The Morgan fingerprint density at radius 2 is 1.83 bits per heavy atom. The fraction of sp³-hybridized carbons (Fsp3) is 0.625. The molecule has 0 aromatic heterocycles. The highest BCUT2D eigenvalue weighted by atomic mass is 16.5. The quantitative estimate of drug-likeness (QED) is 0.672. The van der Waals surface area contributed by atoms with E-state index < -0.39 is 0 Å². The van der Waals surface area contributed by atoms with Crippen LogP contribution in [-0.4, -0.2) is 19.2 Å². The van der Waals surface area contributed by atoms with Gasteiger partial charge in [0.1, 0.15) is 5.75 Å². The number of rotatable bonds is 9. The predicted molar refractivity (Wildman–Crippen MR) is 78.3 cm³/mol. The zero-order valence-electron chi connectivity index (χ0n) is 12.0. The third-order valence-electron chi connectivity index (χ3n) is 2.85. The number of ether oxygens (including phenoxy) is 1. The van der Waals surface area contributed by atoms with Crippen molar-refractivity contribution in [3.05, 3.63) is 29.8 Å². The highest BCUT2D eigenvalue weighted by Gasteiger charge is 1.96. The number of hydrogen-bond acceptors (Lipinski definition) is 2. The lowest BCUT2D eigenvalue weighted by Gasteiger charge is -2.09. The highest BCUT2D eigenvalue weighted by Crippen LogP contribution is 2.13. The van der Waals surface area contributed by atoms with E-state index in [9.17, 15) is 0 Å². The molecule has 0 fully saturated rings. The molecule has 1 rings (SSSR count). The topological polar surface area (TPSA) is 21.3 Å². The van der Waals surface area contributed by atoms with E-state index in [4.69, 9.17) is 4.74 Å². The fourth-order valence-corrected chi connectivity index (χ4v) is 1.85. The largest absolute Gasteiger partial charge is 0.494 e. The van der Waals surface area contributed by atoms with Crippen molar-refractivity contribution in [3.8, 4) is 5.75 Å². The minimum atomic E-state index is 0.581. The van der Waals surface area contributed by atoms with Gasteiger partial charge in [0.15, 0.2) is 0 Å². The Balaban J connectivity index is 2.11. The normalized spacial score (nSPS) is 10.9. The van der Waals surface area contributed by atoms with Crippen LogP contribution in [0.4, 0.5) is 0 Å². The van der Waals surface area contributed by atoms with Crippen LogP contribution in [-0.2, 0) is 6.42 Å². The molecule has 0 unspecified atom stereocenters. The van der Waals surface area contributed by atoms with Gasteiger partial charge in [0.2, 0.25) is 0 Å². The van der Waals surface area contributed by atoms with E-state index in [0.29, 0.717) is 6.04 Å². The van der Waals surface area contributed by atoms with Gasteiger partial charge in [0.25, 0.3) is 0 Å². The van der Waals surface area contributed by atoms with Crippen LogP contribution in [0.1, 0.15) is 45.6 Å². The summed E-state index contributed by atoms with van der Waals surface area (Å²) < 4.78 is 5.72. The second-order valence-corrected chi connectivity index (χ2v) is 5.06. The molecule has 2 nitrogen and oxygen atoms in total. The zero-order chi connectivity index (χ0) is 13.2. The van der Waals surface area contributed by atoms with Crippen molar-refractivity contribution in [2.75, 3.05) is 13.2 Å². The molecule has 1 N–H and O–H groups in total. The van der Waals surface area contributed by atoms with Crippen molar-refractivity contribution < 1.29 is 4.74 Å². The summed E-state index contributed by atoms with van der Waals surface area (Å²) in [6.07, 6.45) is 4.63. The standard InChI is InChI=1S/C16H27NO/c1-4-7-15-8-10-16(11-9-15)18-13-6-5-12-17-14(2)3/h8-11,14,17H,4-7,12-13H2,1-3H3. The smallest absolute Gasteiger partial charge is 0.119 e. The van der Waals surface area contributed by atoms with E-state index in [2.05, 4.69) is 50.4 Å². The fourth-order valence-electron chi connectivity index (χ4n) is 1.85. The lowest BCUT2D eigenvalue weighted by molar-refractivity contribution is 0.305. The molecule has 0 atom stereocenters. The van der Waals surface area contributed by atoms with Crippen LogP contribution in [0, 0.1) is 0 Å². The molecule has 0 bridgehead atoms. The van der Waals surface area contributed by atoms with Gasteiger partial charge in [-0.05, 0) is 43.5 Å². The predicted octanol–water partition coefficient (Wildman–Crippen LogP) is 3.80. The maximum absolute atomic E-state index is 5.72. The average Bonchev–Trinajstić information content (AvgIpc) is 2.35. The number of hydrogen-bond donors (Lipinski definition) is 1. The summed E-state index contributed by atoms with van der Waals surface area (Å²) in [5.74, 6) is 0.992. The Kier molecular flexibility index (Phi) is 7.51. The first kappa shape index (κ1) is 15.0. The molecule has 0 saturated heterocycles. The Labute approximate surface area is 112 Å².